The van der Waals surface area contributed by atoms with Gasteiger partial charge in [0, 0.05) is 22.7 Å². The van der Waals surface area contributed by atoms with Crippen molar-refractivity contribution in [1.82, 2.24) is 15.2 Å². The summed E-state index contributed by atoms with van der Waals surface area (Å²) in [6, 6.07) is 15.8. The number of aromatic nitrogens is 3. The highest BCUT2D eigenvalue weighted by atomic mass is 32.2. The van der Waals surface area contributed by atoms with Crippen LogP contribution in [0.3, 0.4) is 0 Å². The summed E-state index contributed by atoms with van der Waals surface area (Å²) in [6.45, 7) is 8.33. The summed E-state index contributed by atoms with van der Waals surface area (Å²) in [6.07, 6.45) is 1.86. The van der Waals surface area contributed by atoms with Crippen molar-refractivity contribution in [3.63, 3.8) is 0 Å². The quantitative estimate of drug-likeness (QED) is 0.332. The average Bonchev–Trinajstić information content (AvgIpc) is 3.33. The largest absolute Gasteiger partial charge is 0.411 e. The van der Waals surface area contributed by atoms with Gasteiger partial charge in [-0.1, -0.05) is 75.0 Å². The molecule has 4 aromatic rings. The third kappa shape index (κ3) is 3.98. The minimum atomic E-state index is -0.327. The molecule has 1 N–H and O–H groups in total. The number of carbonyl (C=O) groups excluding carboxylic acids is 1. The number of thioether (sulfide) groups is 1. The zero-order valence-corrected chi connectivity index (χ0v) is 17.7. The van der Waals surface area contributed by atoms with Crippen LogP contribution in [0.15, 0.2) is 64.4 Å². The van der Waals surface area contributed by atoms with Crippen molar-refractivity contribution in [2.24, 2.45) is 0 Å². The van der Waals surface area contributed by atoms with Gasteiger partial charge in [-0.25, -0.2) is 0 Å². The Balaban J connectivity index is 1.49. The van der Waals surface area contributed by atoms with Gasteiger partial charge in [0.15, 0.2) is 5.78 Å². The van der Waals surface area contributed by atoms with Crippen LogP contribution in [0.25, 0.3) is 22.4 Å². The lowest BCUT2D eigenvalue weighted by molar-refractivity contribution is 0.0993. The first-order chi connectivity index (χ1) is 13.8. The minimum Gasteiger partial charge on any atom is -0.411 e. The maximum absolute atomic E-state index is 12.8. The molecule has 2 heterocycles. The number of hydrogen-bond acceptors (Lipinski definition) is 5. The van der Waals surface area contributed by atoms with Crippen molar-refractivity contribution in [2.45, 2.75) is 43.6 Å². The monoisotopic (exact) mass is 405 g/mol. The van der Waals surface area contributed by atoms with Gasteiger partial charge in [0.1, 0.15) is 0 Å². The number of benzene rings is 2. The standard InChI is InChI=1S/C23H23N3O2S/c1-14(20(27)15-9-11-16(12-10-15)23(2,3)4)29-22-26-25-21(28-22)18-13-24-19-8-6-5-7-17(18)19/h5-14,24H,1-4H3. The maximum Gasteiger partial charge on any atom is 0.277 e. The molecule has 6 heteroatoms. The first-order valence-corrected chi connectivity index (χ1v) is 10.4. The molecule has 148 valence electrons. The van der Waals surface area contributed by atoms with Crippen molar-refractivity contribution in [2.75, 3.05) is 0 Å². The Bertz CT molecular complexity index is 1150. The fourth-order valence-electron chi connectivity index (χ4n) is 3.19. The summed E-state index contributed by atoms with van der Waals surface area (Å²) < 4.78 is 5.83. The zero-order chi connectivity index (χ0) is 20.6. The van der Waals surface area contributed by atoms with Gasteiger partial charge in [0.05, 0.1) is 10.8 Å². The van der Waals surface area contributed by atoms with Gasteiger partial charge in [0.2, 0.25) is 0 Å². The van der Waals surface area contributed by atoms with Gasteiger partial charge in [-0.3, -0.25) is 4.79 Å². The molecule has 0 bridgehead atoms. The van der Waals surface area contributed by atoms with Gasteiger partial charge in [0.25, 0.3) is 11.1 Å². The molecule has 2 aromatic carbocycles. The third-order valence-corrected chi connectivity index (χ3v) is 5.84. The molecule has 0 saturated heterocycles. The number of Topliss-reactive ketones (excluding diaryl/α,β-unsaturated/α-hetero) is 1. The van der Waals surface area contributed by atoms with Crippen LogP contribution in [0, 0.1) is 0 Å². The highest BCUT2D eigenvalue weighted by Crippen LogP contribution is 2.31. The number of carbonyl (C=O) groups is 1. The number of rotatable bonds is 5. The molecule has 0 fully saturated rings. The SMILES string of the molecule is CC(Sc1nnc(-c2c[nH]c3ccccc23)o1)C(=O)c1ccc(C(C)(C)C)cc1. The average molecular weight is 406 g/mol. The van der Waals surface area contributed by atoms with Gasteiger partial charge in [-0.2, -0.15) is 0 Å². The van der Waals surface area contributed by atoms with Crippen LogP contribution in [0.4, 0.5) is 0 Å². The fourth-order valence-corrected chi connectivity index (χ4v) is 3.95. The van der Waals surface area contributed by atoms with E-state index in [0.717, 1.165) is 16.5 Å². The van der Waals surface area contributed by atoms with E-state index >= 15 is 0 Å². The van der Waals surface area contributed by atoms with E-state index < -0.39 is 0 Å². The summed E-state index contributed by atoms with van der Waals surface area (Å²) in [4.78, 5) is 16.0. The number of nitrogens with zero attached hydrogens (tertiary/aromatic N) is 2. The van der Waals surface area contributed by atoms with E-state index in [2.05, 4.69) is 36.0 Å². The smallest absolute Gasteiger partial charge is 0.277 e. The maximum atomic E-state index is 12.8. The Morgan fingerprint density at radius 2 is 1.79 bits per heavy atom. The first kappa shape index (κ1) is 19.5. The lowest BCUT2D eigenvalue weighted by Gasteiger charge is -2.19. The van der Waals surface area contributed by atoms with E-state index in [1.807, 2.05) is 61.7 Å². The van der Waals surface area contributed by atoms with Crippen LogP contribution < -0.4 is 0 Å². The Morgan fingerprint density at radius 1 is 1.07 bits per heavy atom. The summed E-state index contributed by atoms with van der Waals surface area (Å²) in [5.41, 5.74) is 3.82. The molecule has 1 unspecified atom stereocenters. The number of nitrogens with one attached hydrogen (secondary N) is 1. The summed E-state index contributed by atoms with van der Waals surface area (Å²) >= 11 is 1.28. The number of para-hydroxylation sites is 1. The molecule has 0 amide bonds. The van der Waals surface area contributed by atoms with Gasteiger partial charge in [-0.05, 0) is 24.0 Å². The summed E-state index contributed by atoms with van der Waals surface area (Å²) in [5, 5.41) is 9.37. The molecule has 0 saturated carbocycles. The van der Waals surface area contributed by atoms with Crippen LogP contribution in [-0.2, 0) is 5.41 Å². The molecule has 0 spiro atoms. The number of aromatic amines is 1. The van der Waals surface area contributed by atoms with Crippen molar-refractivity contribution in [3.8, 4) is 11.5 Å². The molecule has 5 nitrogen and oxygen atoms in total. The van der Waals surface area contributed by atoms with Crippen LogP contribution in [0.2, 0.25) is 0 Å². The van der Waals surface area contributed by atoms with E-state index in [-0.39, 0.29) is 16.4 Å². The topological polar surface area (TPSA) is 71.8 Å². The Hall–Kier alpha value is -2.86. The van der Waals surface area contributed by atoms with Crippen LogP contribution in [0.5, 0.6) is 0 Å². The molecule has 29 heavy (non-hydrogen) atoms. The van der Waals surface area contributed by atoms with E-state index in [4.69, 9.17) is 4.42 Å². The fraction of sp³-hybridized carbons (Fsp3) is 0.261. The van der Waals surface area contributed by atoms with Crippen molar-refractivity contribution >= 4 is 28.4 Å². The Morgan fingerprint density at radius 3 is 2.52 bits per heavy atom. The number of H-pyrrole nitrogens is 1. The highest BCUT2D eigenvalue weighted by molar-refractivity contribution is 8.00. The first-order valence-electron chi connectivity index (χ1n) is 9.54. The summed E-state index contributed by atoms with van der Waals surface area (Å²) in [5.74, 6) is 0.487. The van der Waals surface area contributed by atoms with Crippen molar-refractivity contribution in [1.29, 1.82) is 0 Å². The van der Waals surface area contributed by atoms with Crippen LogP contribution in [-0.4, -0.2) is 26.2 Å². The molecule has 0 aliphatic carbocycles. The molecule has 0 aliphatic rings. The van der Waals surface area contributed by atoms with Crippen molar-refractivity contribution < 1.29 is 9.21 Å². The number of hydrogen-bond donors (Lipinski definition) is 1. The Labute approximate surface area is 173 Å². The lowest BCUT2D eigenvalue weighted by atomic mass is 9.86. The molecule has 0 aliphatic heterocycles. The van der Waals surface area contributed by atoms with Gasteiger partial charge < -0.3 is 9.40 Å². The van der Waals surface area contributed by atoms with Crippen molar-refractivity contribution in [3.05, 3.63) is 65.9 Å². The zero-order valence-electron chi connectivity index (χ0n) is 16.9. The molecule has 1 atom stereocenters. The number of ketones is 1. The second kappa shape index (κ2) is 7.52. The predicted molar refractivity (Wildman–Crippen MR) is 116 cm³/mol. The van der Waals surface area contributed by atoms with E-state index in [1.165, 1.54) is 17.3 Å². The Kier molecular flexibility index (Phi) is 5.04. The third-order valence-electron chi connectivity index (χ3n) is 4.91. The molecule has 4 rings (SSSR count). The predicted octanol–water partition coefficient (Wildman–Crippen LogP) is 5.88. The van der Waals surface area contributed by atoms with E-state index in [1.54, 1.807) is 0 Å². The molecule has 0 radical (unpaired) electrons. The van der Waals surface area contributed by atoms with Gasteiger partial charge >= 0.3 is 0 Å². The van der Waals surface area contributed by atoms with E-state index in [9.17, 15) is 4.79 Å². The second-order valence-corrected chi connectivity index (χ2v) is 9.36. The van der Waals surface area contributed by atoms with E-state index in [0.29, 0.717) is 16.7 Å². The minimum absolute atomic E-state index is 0.0438. The normalized spacial score (nSPS) is 13.0. The number of fused-ring (bicyclic) bond motifs is 1. The summed E-state index contributed by atoms with van der Waals surface area (Å²) in [7, 11) is 0. The van der Waals surface area contributed by atoms with Crippen LogP contribution in [0.1, 0.15) is 43.6 Å². The van der Waals surface area contributed by atoms with Crippen LogP contribution >= 0.6 is 11.8 Å². The molecular formula is C23H23N3O2S. The molecular weight excluding hydrogens is 382 g/mol. The highest BCUT2D eigenvalue weighted by Gasteiger charge is 2.22. The van der Waals surface area contributed by atoms with Gasteiger partial charge in [-0.15, -0.1) is 10.2 Å². The lowest BCUT2D eigenvalue weighted by Crippen LogP contribution is -2.15. The molecule has 2 aromatic heterocycles. The second-order valence-electron chi connectivity index (χ2n) is 8.07.